The van der Waals surface area contributed by atoms with Gasteiger partial charge in [0, 0.05) is 5.69 Å². The van der Waals surface area contributed by atoms with Crippen LogP contribution in [0.3, 0.4) is 0 Å². The van der Waals surface area contributed by atoms with Crippen molar-refractivity contribution < 1.29 is 23.9 Å². The maximum absolute atomic E-state index is 13.4. The zero-order valence-electron chi connectivity index (χ0n) is 18.4. The lowest BCUT2D eigenvalue weighted by Gasteiger charge is -2.22. The predicted octanol–water partition coefficient (Wildman–Crippen LogP) is 1.72. The first-order valence-corrected chi connectivity index (χ1v) is 10.7. The van der Waals surface area contributed by atoms with Gasteiger partial charge < -0.3 is 19.8 Å². The van der Waals surface area contributed by atoms with Crippen molar-refractivity contribution in [3.63, 3.8) is 0 Å². The first-order valence-electron chi connectivity index (χ1n) is 10.3. The molecule has 0 spiro atoms. The number of rotatable bonds is 6. The Kier molecular flexibility index (Phi) is 6.10. The van der Waals surface area contributed by atoms with E-state index in [1.54, 1.807) is 36.2 Å². The summed E-state index contributed by atoms with van der Waals surface area (Å²) in [6, 6.07) is 13.8. The maximum Gasteiger partial charge on any atom is 0.256 e. The molecule has 1 unspecified atom stereocenters. The van der Waals surface area contributed by atoms with Gasteiger partial charge in [-0.1, -0.05) is 40.1 Å². The monoisotopic (exact) mass is 465 g/mol. The number of hydrogen-bond acceptors (Lipinski definition) is 6. The molecule has 1 aliphatic heterocycles. The summed E-state index contributed by atoms with van der Waals surface area (Å²) in [4.78, 5) is 29.2. The lowest BCUT2D eigenvalue weighted by atomic mass is 10.1. The molecule has 1 saturated heterocycles. The highest BCUT2D eigenvalue weighted by Crippen LogP contribution is 2.29. The molecule has 2 amide bonds. The third-order valence-electron chi connectivity index (χ3n) is 5.52. The number of amides is 2. The Morgan fingerprint density at radius 1 is 1.15 bits per heavy atom. The molecule has 0 saturated carbocycles. The fourth-order valence-electron chi connectivity index (χ4n) is 3.63. The molecule has 1 aromatic heterocycles. The maximum atomic E-state index is 13.4. The Labute approximate surface area is 196 Å². The van der Waals surface area contributed by atoms with Gasteiger partial charge in [-0.25, -0.2) is 0 Å². The van der Waals surface area contributed by atoms with E-state index in [-0.39, 0.29) is 35.6 Å². The summed E-state index contributed by atoms with van der Waals surface area (Å²) in [7, 11) is 1.57. The smallest absolute Gasteiger partial charge is 0.256 e. The van der Waals surface area contributed by atoms with E-state index < -0.39 is 12.0 Å². The molecule has 170 valence electrons. The van der Waals surface area contributed by atoms with Gasteiger partial charge in [-0.2, -0.15) is 0 Å². The average molecular weight is 466 g/mol. The predicted molar refractivity (Wildman–Crippen MR) is 122 cm³/mol. The zero-order chi connectivity index (χ0) is 23.7. The number of thiocarbonyl (C=S) groups is 1. The molecule has 2 aromatic carbocycles. The van der Waals surface area contributed by atoms with Crippen molar-refractivity contribution in [2.45, 2.75) is 32.9 Å². The van der Waals surface area contributed by atoms with Crippen LogP contribution in [-0.4, -0.2) is 33.1 Å². The van der Waals surface area contributed by atoms with Crippen LogP contribution in [0.2, 0.25) is 0 Å². The number of carbonyl (C=O) groups is 2. The van der Waals surface area contributed by atoms with Crippen molar-refractivity contribution in [2.75, 3.05) is 10.2 Å². The third kappa shape index (κ3) is 4.56. The van der Waals surface area contributed by atoms with E-state index in [0.717, 1.165) is 11.1 Å². The summed E-state index contributed by atoms with van der Waals surface area (Å²) in [5.74, 6) is -1.30. The Hall–Kier alpha value is -3.79. The second-order valence-electron chi connectivity index (χ2n) is 7.98. The zero-order valence-corrected chi connectivity index (χ0v) is 19.3. The van der Waals surface area contributed by atoms with Gasteiger partial charge in [-0.15, -0.1) is 0 Å². The minimum atomic E-state index is -0.890. The van der Waals surface area contributed by atoms with Gasteiger partial charge in [-0.3, -0.25) is 14.5 Å². The summed E-state index contributed by atoms with van der Waals surface area (Å²) < 4.78 is 6.01. The Morgan fingerprint density at radius 3 is 2.33 bits per heavy atom. The highest BCUT2D eigenvalue weighted by atomic mass is 32.1. The van der Waals surface area contributed by atoms with Crippen LogP contribution >= 0.6 is 12.2 Å². The third-order valence-corrected chi connectivity index (χ3v) is 5.93. The molecule has 9 nitrogen and oxygen atoms in total. The van der Waals surface area contributed by atoms with Gasteiger partial charge in [-0.05, 0) is 50.3 Å². The van der Waals surface area contributed by atoms with E-state index in [9.17, 15) is 14.7 Å². The molecule has 1 N–H and O–H groups in total. The van der Waals surface area contributed by atoms with E-state index >= 15 is 0 Å². The highest BCUT2D eigenvalue weighted by Gasteiger charge is 2.45. The van der Waals surface area contributed by atoms with Crippen LogP contribution < -0.4 is 20.0 Å². The lowest BCUT2D eigenvalue weighted by Crippen LogP contribution is -2.42. The van der Waals surface area contributed by atoms with Crippen molar-refractivity contribution in [1.29, 1.82) is 0 Å². The van der Waals surface area contributed by atoms with Gasteiger partial charge in [0.15, 0.2) is 18.1 Å². The second-order valence-corrected chi connectivity index (χ2v) is 8.35. The molecule has 2 heterocycles. The van der Waals surface area contributed by atoms with Crippen molar-refractivity contribution in [2.24, 2.45) is 7.05 Å². The molecule has 4 rings (SSSR count). The summed E-state index contributed by atoms with van der Waals surface area (Å²) in [6.07, 6.45) is -0.140. The number of nitrogens with one attached hydrogen (secondary N) is 1. The van der Waals surface area contributed by atoms with Gasteiger partial charge in [0.1, 0.15) is 12.6 Å². The second kappa shape index (κ2) is 8.99. The normalized spacial score (nSPS) is 15.9. The number of nitrogens with zero attached hydrogens (tertiary/aromatic N) is 4. The van der Waals surface area contributed by atoms with Crippen LogP contribution in [0.5, 0.6) is 5.95 Å². The summed E-state index contributed by atoms with van der Waals surface area (Å²) in [6.45, 7) is 3.88. The van der Waals surface area contributed by atoms with E-state index in [1.807, 2.05) is 38.1 Å². The van der Waals surface area contributed by atoms with Crippen molar-refractivity contribution in [3.05, 3.63) is 65.4 Å². The van der Waals surface area contributed by atoms with Crippen LogP contribution in [0.1, 0.15) is 23.2 Å². The van der Waals surface area contributed by atoms with Gasteiger partial charge in [0.25, 0.3) is 11.6 Å². The number of hydrogen-bond donors (Lipinski definition) is 1. The first-order chi connectivity index (χ1) is 15.7. The molecule has 0 aliphatic carbocycles. The highest BCUT2D eigenvalue weighted by molar-refractivity contribution is 7.80. The Morgan fingerprint density at radius 2 is 1.76 bits per heavy atom. The van der Waals surface area contributed by atoms with Crippen LogP contribution in [-0.2, 0) is 23.2 Å². The SMILES string of the molecule is Cc1ccc(NC(=O)CC2C(=O)N(c3ccc(C)cc3)C(=S)N2Cc2c([O-])on[n+]2C)cc1. The van der Waals surface area contributed by atoms with Crippen molar-refractivity contribution in [3.8, 4) is 5.95 Å². The molecule has 1 atom stereocenters. The van der Waals surface area contributed by atoms with Crippen LogP contribution in [0, 0.1) is 13.8 Å². The molecule has 0 bridgehead atoms. The van der Waals surface area contributed by atoms with E-state index in [0.29, 0.717) is 11.4 Å². The number of carbonyl (C=O) groups excluding carboxylic acids is 2. The van der Waals surface area contributed by atoms with Crippen molar-refractivity contribution in [1.82, 2.24) is 10.2 Å². The molecule has 10 heteroatoms. The number of anilines is 2. The van der Waals surface area contributed by atoms with E-state index in [2.05, 4.69) is 10.6 Å². The Bertz CT molecular complexity index is 1190. The standard InChI is InChI=1S/C23H23N5O4S/c1-14-4-8-16(9-5-14)24-20(29)12-18-21(30)28(17-10-6-15(2)7-11-17)23(33)27(18)13-19-22(31)32-25-26(19)3/h4-11,18H,12-13H2,1-3H3,(H-,24,25,29,31). The van der Waals surface area contributed by atoms with E-state index in [4.69, 9.17) is 16.7 Å². The number of aryl methyl sites for hydroxylation is 3. The van der Waals surface area contributed by atoms with Crippen LogP contribution in [0.4, 0.5) is 11.4 Å². The van der Waals surface area contributed by atoms with Crippen molar-refractivity contribution >= 4 is 40.5 Å². The summed E-state index contributed by atoms with van der Waals surface area (Å²) >= 11 is 5.62. The van der Waals surface area contributed by atoms with Crippen LogP contribution in [0.15, 0.2) is 53.1 Å². The molecule has 0 radical (unpaired) electrons. The van der Waals surface area contributed by atoms with Gasteiger partial charge in [0.2, 0.25) is 5.91 Å². The first kappa shape index (κ1) is 22.4. The molecule has 33 heavy (non-hydrogen) atoms. The summed E-state index contributed by atoms with van der Waals surface area (Å²) in [5, 5.41) is 18.7. The molecule has 3 aromatic rings. The Balaban J connectivity index is 1.62. The van der Waals surface area contributed by atoms with E-state index in [1.165, 1.54) is 9.58 Å². The summed E-state index contributed by atoms with van der Waals surface area (Å²) in [5.41, 5.74) is 3.56. The molecular formula is C23H23N5O4S. The molecule has 1 aliphatic rings. The minimum absolute atomic E-state index is 0.0196. The van der Waals surface area contributed by atoms with Crippen LogP contribution in [0.25, 0.3) is 0 Å². The quantitative estimate of drug-likeness (QED) is 0.436. The number of aromatic nitrogens is 2. The van der Waals surface area contributed by atoms with Gasteiger partial charge in [0.05, 0.1) is 17.4 Å². The fourth-order valence-corrected chi connectivity index (χ4v) is 4.02. The number of benzene rings is 2. The molecular weight excluding hydrogens is 442 g/mol. The minimum Gasteiger partial charge on any atom is -0.539 e. The topological polar surface area (TPSA) is 106 Å². The van der Waals surface area contributed by atoms with Gasteiger partial charge >= 0.3 is 0 Å². The average Bonchev–Trinajstić information content (AvgIpc) is 3.21. The fraction of sp³-hybridized carbons (Fsp3) is 0.261. The molecule has 1 fully saturated rings. The largest absolute Gasteiger partial charge is 0.539 e. The lowest BCUT2D eigenvalue weighted by molar-refractivity contribution is -0.746.